The van der Waals surface area contributed by atoms with Crippen LogP contribution in [0, 0.1) is 5.92 Å². The van der Waals surface area contributed by atoms with Crippen molar-refractivity contribution in [1.82, 2.24) is 10.6 Å². The molecule has 0 spiro atoms. The molecule has 6 heteroatoms. The molecule has 31 heavy (non-hydrogen) atoms. The summed E-state index contributed by atoms with van der Waals surface area (Å²) in [5.41, 5.74) is 2.61. The predicted octanol–water partition coefficient (Wildman–Crippen LogP) is 4.34. The van der Waals surface area contributed by atoms with E-state index in [2.05, 4.69) is 31.4 Å². The van der Waals surface area contributed by atoms with E-state index in [9.17, 15) is 9.59 Å². The molecule has 0 fully saturated rings. The van der Waals surface area contributed by atoms with Gasteiger partial charge < -0.3 is 20.1 Å². The second-order valence-corrected chi connectivity index (χ2v) is 9.37. The Balaban J connectivity index is 1.66. The molecular weight excluding hydrogens is 392 g/mol. The van der Waals surface area contributed by atoms with Crippen LogP contribution < -0.4 is 20.1 Å². The number of hydrogen-bond acceptors (Lipinski definition) is 4. The first-order valence-electron chi connectivity index (χ1n) is 10.7. The standard InChI is InChI=1S/C25H32N2O4/c1-15(2)22(27-23(28)17-7-10-19(11-8-17)25(4,5)6)24(29)26-16(3)18-9-12-20-21(13-18)31-14-30-20/h7-13,15-16,22H,14H2,1-6H3,(H,26,29)(H,27,28). The number of nitrogens with one attached hydrogen (secondary N) is 2. The van der Waals surface area contributed by atoms with Crippen molar-refractivity contribution in [3.05, 3.63) is 59.2 Å². The topological polar surface area (TPSA) is 76.7 Å². The lowest BCUT2D eigenvalue weighted by molar-refractivity contribution is -0.124. The van der Waals surface area contributed by atoms with Crippen molar-refractivity contribution in [2.24, 2.45) is 5.92 Å². The van der Waals surface area contributed by atoms with Crippen molar-refractivity contribution in [3.8, 4) is 11.5 Å². The zero-order valence-electron chi connectivity index (χ0n) is 19.1. The fourth-order valence-corrected chi connectivity index (χ4v) is 3.45. The third-order valence-electron chi connectivity index (χ3n) is 5.50. The Morgan fingerprint density at radius 3 is 2.16 bits per heavy atom. The van der Waals surface area contributed by atoms with Crippen molar-refractivity contribution in [1.29, 1.82) is 0 Å². The molecule has 0 saturated heterocycles. The van der Waals surface area contributed by atoms with E-state index >= 15 is 0 Å². The van der Waals surface area contributed by atoms with Crippen molar-refractivity contribution in [2.75, 3.05) is 6.79 Å². The lowest BCUT2D eigenvalue weighted by atomic mass is 9.86. The Morgan fingerprint density at radius 1 is 0.903 bits per heavy atom. The van der Waals surface area contributed by atoms with Crippen LogP contribution in [0.15, 0.2) is 42.5 Å². The Bertz CT molecular complexity index is 945. The molecule has 1 aliphatic heterocycles. The molecule has 0 radical (unpaired) electrons. The van der Waals surface area contributed by atoms with Crippen molar-refractivity contribution in [3.63, 3.8) is 0 Å². The molecule has 0 aromatic heterocycles. The number of ether oxygens (including phenoxy) is 2. The van der Waals surface area contributed by atoms with Crippen LogP contribution in [0.4, 0.5) is 0 Å². The predicted molar refractivity (Wildman–Crippen MR) is 120 cm³/mol. The number of fused-ring (bicyclic) bond motifs is 1. The second-order valence-electron chi connectivity index (χ2n) is 9.37. The zero-order chi connectivity index (χ0) is 22.8. The Labute approximate surface area is 184 Å². The SMILES string of the molecule is CC(NC(=O)C(NC(=O)c1ccc(C(C)(C)C)cc1)C(C)C)c1ccc2c(c1)OCO2. The first kappa shape index (κ1) is 22.7. The molecule has 166 valence electrons. The summed E-state index contributed by atoms with van der Waals surface area (Å²) in [6, 6.07) is 12.2. The maximum absolute atomic E-state index is 13.0. The van der Waals surface area contributed by atoms with Crippen LogP contribution in [0.3, 0.4) is 0 Å². The molecule has 2 unspecified atom stereocenters. The van der Waals surface area contributed by atoms with Crippen LogP contribution in [0.2, 0.25) is 0 Å². The van der Waals surface area contributed by atoms with Gasteiger partial charge in [-0.1, -0.05) is 52.8 Å². The average molecular weight is 425 g/mol. The third-order valence-corrected chi connectivity index (χ3v) is 5.50. The lowest BCUT2D eigenvalue weighted by Gasteiger charge is -2.24. The molecule has 0 bridgehead atoms. The second kappa shape index (κ2) is 9.00. The molecule has 1 aliphatic rings. The third kappa shape index (κ3) is 5.37. The minimum Gasteiger partial charge on any atom is -0.454 e. The van der Waals surface area contributed by atoms with Gasteiger partial charge in [0.2, 0.25) is 12.7 Å². The monoisotopic (exact) mass is 424 g/mol. The lowest BCUT2D eigenvalue weighted by Crippen LogP contribution is -2.50. The van der Waals surface area contributed by atoms with E-state index in [0.29, 0.717) is 17.1 Å². The number of hydrogen-bond donors (Lipinski definition) is 2. The van der Waals surface area contributed by atoms with Gasteiger partial charge in [0.05, 0.1) is 6.04 Å². The van der Waals surface area contributed by atoms with E-state index < -0.39 is 6.04 Å². The maximum Gasteiger partial charge on any atom is 0.251 e. The molecule has 0 saturated carbocycles. The van der Waals surface area contributed by atoms with Crippen LogP contribution in [0.1, 0.15) is 69.1 Å². The van der Waals surface area contributed by atoms with Gasteiger partial charge in [-0.05, 0) is 53.6 Å². The van der Waals surface area contributed by atoms with Crippen molar-refractivity contribution < 1.29 is 19.1 Å². The van der Waals surface area contributed by atoms with Crippen molar-refractivity contribution in [2.45, 2.75) is 59.0 Å². The minimum absolute atomic E-state index is 0.0141. The summed E-state index contributed by atoms with van der Waals surface area (Å²) in [6.45, 7) is 12.3. The zero-order valence-corrected chi connectivity index (χ0v) is 19.1. The summed E-state index contributed by atoms with van der Waals surface area (Å²) in [5.74, 6) is 0.824. The molecule has 1 heterocycles. The summed E-state index contributed by atoms with van der Waals surface area (Å²) in [6.07, 6.45) is 0. The number of rotatable bonds is 6. The summed E-state index contributed by atoms with van der Waals surface area (Å²) in [5, 5.41) is 5.90. The van der Waals surface area contributed by atoms with E-state index in [0.717, 1.165) is 11.1 Å². The van der Waals surface area contributed by atoms with E-state index in [4.69, 9.17) is 9.47 Å². The Kier molecular flexibility index (Phi) is 6.58. The van der Waals surface area contributed by atoms with Gasteiger partial charge in [0.1, 0.15) is 6.04 Å². The molecule has 2 atom stereocenters. The highest BCUT2D eigenvalue weighted by molar-refractivity contribution is 5.97. The summed E-state index contributed by atoms with van der Waals surface area (Å²) >= 11 is 0. The van der Waals surface area contributed by atoms with Gasteiger partial charge in [-0.2, -0.15) is 0 Å². The molecule has 2 aromatic rings. The molecule has 6 nitrogen and oxygen atoms in total. The fraction of sp³-hybridized carbons (Fsp3) is 0.440. The van der Waals surface area contributed by atoms with Gasteiger partial charge in [0.15, 0.2) is 11.5 Å². The van der Waals surface area contributed by atoms with Gasteiger partial charge in [0.25, 0.3) is 5.91 Å². The first-order valence-corrected chi connectivity index (χ1v) is 10.7. The average Bonchev–Trinajstić information content (AvgIpc) is 3.18. The highest BCUT2D eigenvalue weighted by atomic mass is 16.7. The summed E-state index contributed by atoms with van der Waals surface area (Å²) in [4.78, 5) is 25.8. The molecule has 2 N–H and O–H groups in total. The van der Waals surface area contributed by atoms with Crippen LogP contribution in [0.5, 0.6) is 11.5 Å². The van der Waals surface area contributed by atoms with Gasteiger partial charge >= 0.3 is 0 Å². The van der Waals surface area contributed by atoms with Gasteiger partial charge in [-0.15, -0.1) is 0 Å². The van der Waals surface area contributed by atoms with E-state index in [1.165, 1.54) is 0 Å². The summed E-state index contributed by atoms with van der Waals surface area (Å²) in [7, 11) is 0. The molecule has 3 rings (SSSR count). The van der Waals surface area contributed by atoms with Crippen LogP contribution in [-0.4, -0.2) is 24.6 Å². The highest BCUT2D eigenvalue weighted by Crippen LogP contribution is 2.34. The number of carbonyl (C=O) groups excluding carboxylic acids is 2. The quantitative estimate of drug-likeness (QED) is 0.723. The van der Waals surface area contributed by atoms with E-state index in [1.807, 2.05) is 51.1 Å². The fourth-order valence-electron chi connectivity index (χ4n) is 3.45. The summed E-state index contributed by atoms with van der Waals surface area (Å²) < 4.78 is 10.8. The first-order chi connectivity index (χ1) is 14.6. The maximum atomic E-state index is 13.0. The van der Waals surface area contributed by atoms with Crippen LogP contribution in [0.25, 0.3) is 0 Å². The van der Waals surface area contributed by atoms with Crippen LogP contribution >= 0.6 is 0 Å². The normalized spacial score (nSPS) is 14.8. The van der Waals surface area contributed by atoms with Gasteiger partial charge in [-0.25, -0.2) is 0 Å². The Hall–Kier alpha value is -3.02. The van der Waals surface area contributed by atoms with E-state index in [1.54, 1.807) is 12.1 Å². The van der Waals surface area contributed by atoms with E-state index in [-0.39, 0.29) is 36.0 Å². The molecule has 0 aliphatic carbocycles. The van der Waals surface area contributed by atoms with Crippen LogP contribution in [-0.2, 0) is 10.2 Å². The molecule has 2 amide bonds. The molecule has 2 aromatic carbocycles. The van der Waals surface area contributed by atoms with Gasteiger partial charge in [-0.3, -0.25) is 9.59 Å². The van der Waals surface area contributed by atoms with Gasteiger partial charge in [0, 0.05) is 5.56 Å². The highest BCUT2D eigenvalue weighted by Gasteiger charge is 2.27. The Morgan fingerprint density at radius 2 is 1.55 bits per heavy atom. The number of amides is 2. The van der Waals surface area contributed by atoms with Crippen molar-refractivity contribution >= 4 is 11.8 Å². The number of benzene rings is 2. The smallest absolute Gasteiger partial charge is 0.251 e. The molecular formula is C25H32N2O4. The minimum atomic E-state index is -0.647. The number of carbonyl (C=O) groups is 2. The largest absolute Gasteiger partial charge is 0.454 e.